The molecule has 1 heterocycles. The first-order chi connectivity index (χ1) is 13.4. The van der Waals surface area contributed by atoms with Crippen molar-refractivity contribution in [3.63, 3.8) is 0 Å². The SMILES string of the molecule is Cc1cc(C)cc(OCc2ccc(C(=O)Nc3ccccc3OC(F)F)o2)c1. The van der Waals surface area contributed by atoms with Gasteiger partial charge in [0.1, 0.15) is 23.9 Å². The van der Waals surface area contributed by atoms with E-state index in [1.807, 2.05) is 32.0 Å². The van der Waals surface area contributed by atoms with E-state index in [2.05, 4.69) is 10.1 Å². The van der Waals surface area contributed by atoms with Crippen molar-refractivity contribution in [2.75, 3.05) is 5.32 Å². The summed E-state index contributed by atoms with van der Waals surface area (Å²) in [6, 6.07) is 14.9. The van der Waals surface area contributed by atoms with Crippen molar-refractivity contribution >= 4 is 11.6 Å². The van der Waals surface area contributed by atoms with Crippen LogP contribution in [0.15, 0.2) is 59.0 Å². The van der Waals surface area contributed by atoms with Crippen molar-refractivity contribution in [1.29, 1.82) is 0 Å². The zero-order chi connectivity index (χ0) is 20.1. The fourth-order valence-corrected chi connectivity index (χ4v) is 2.70. The summed E-state index contributed by atoms with van der Waals surface area (Å²) < 4.78 is 40.5. The Balaban J connectivity index is 1.64. The third-order valence-corrected chi connectivity index (χ3v) is 3.81. The van der Waals surface area contributed by atoms with Crippen LogP contribution in [0.4, 0.5) is 14.5 Å². The molecule has 0 saturated carbocycles. The smallest absolute Gasteiger partial charge is 0.387 e. The molecule has 0 aliphatic heterocycles. The number of carbonyl (C=O) groups is 1. The molecule has 1 aromatic heterocycles. The van der Waals surface area contributed by atoms with E-state index in [-0.39, 0.29) is 23.8 Å². The molecule has 0 aliphatic carbocycles. The Morgan fingerprint density at radius 1 is 1.07 bits per heavy atom. The van der Waals surface area contributed by atoms with Crippen LogP contribution in [0, 0.1) is 13.8 Å². The molecule has 1 N–H and O–H groups in total. The number of hydrogen-bond donors (Lipinski definition) is 1. The van der Waals surface area contributed by atoms with Gasteiger partial charge < -0.3 is 19.2 Å². The Hall–Kier alpha value is -3.35. The van der Waals surface area contributed by atoms with Crippen LogP contribution in [0.3, 0.4) is 0 Å². The lowest BCUT2D eigenvalue weighted by Gasteiger charge is -2.10. The fourth-order valence-electron chi connectivity index (χ4n) is 2.70. The van der Waals surface area contributed by atoms with Crippen LogP contribution in [0.1, 0.15) is 27.4 Å². The number of alkyl halides is 2. The van der Waals surface area contributed by atoms with Crippen LogP contribution in [-0.4, -0.2) is 12.5 Å². The summed E-state index contributed by atoms with van der Waals surface area (Å²) in [7, 11) is 0. The lowest BCUT2D eigenvalue weighted by molar-refractivity contribution is -0.0493. The molecule has 0 fully saturated rings. The molecule has 28 heavy (non-hydrogen) atoms. The number of hydrogen-bond acceptors (Lipinski definition) is 4. The Morgan fingerprint density at radius 3 is 2.50 bits per heavy atom. The lowest BCUT2D eigenvalue weighted by Crippen LogP contribution is -2.13. The zero-order valence-electron chi connectivity index (χ0n) is 15.4. The molecule has 0 atom stereocenters. The molecule has 0 aliphatic rings. The fraction of sp³-hybridized carbons (Fsp3) is 0.190. The predicted molar refractivity (Wildman–Crippen MR) is 100.0 cm³/mol. The molecule has 5 nitrogen and oxygen atoms in total. The van der Waals surface area contributed by atoms with E-state index in [0.29, 0.717) is 11.5 Å². The Morgan fingerprint density at radius 2 is 1.79 bits per heavy atom. The first kappa shape index (κ1) is 19.4. The van der Waals surface area contributed by atoms with Crippen LogP contribution in [0.5, 0.6) is 11.5 Å². The second-order valence-corrected chi connectivity index (χ2v) is 6.21. The molecule has 3 aromatic rings. The van der Waals surface area contributed by atoms with Gasteiger partial charge in [0.2, 0.25) is 0 Å². The van der Waals surface area contributed by atoms with Gasteiger partial charge >= 0.3 is 6.61 Å². The van der Waals surface area contributed by atoms with E-state index in [1.54, 1.807) is 12.1 Å². The summed E-state index contributed by atoms with van der Waals surface area (Å²) in [4.78, 5) is 12.3. The third kappa shape index (κ3) is 5.09. The average molecular weight is 387 g/mol. The lowest BCUT2D eigenvalue weighted by atomic mass is 10.1. The van der Waals surface area contributed by atoms with Gasteiger partial charge in [-0.3, -0.25) is 4.79 Å². The highest BCUT2D eigenvalue weighted by Crippen LogP contribution is 2.26. The Kier molecular flexibility index (Phi) is 5.93. The van der Waals surface area contributed by atoms with E-state index in [9.17, 15) is 13.6 Å². The number of anilines is 1. The van der Waals surface area contributed by atoms with Crippen molar-refractivity contribution in [2.24, 2.45) is 0 Å². The van der Waals surface area contributed by atoms with Crippen LogP contribution in [0.25, 0.3) is 0 Å². The van der Waals surface area contributed by atoms with Crippen LogP contribution in [-0.2, 0) is 6.61 Å². The Labute approximate surface area is 160 Å². The number of para-hydroxylation sites is 2. The van der Waals surface area contributed by atoms with Crippen molar-refractivity contribution in [3.05, 3.63) is 77.2 Å². The van der Waals surface area contributed by atoms with Gasteiger partial charge in [0.25, 0.3) is 5.91 Å². The molecule has 3 rings (SSSR count). The van der Waals surface area contributed by atoms with Crippen LogP contribution in [0.2, 0.25) is 0 Å². The van der Waals surface area contributed by atoms with E-state index < -0.39 is 12.5 Å². The molecule has 2 aromatic carbocycles. The first-order valence-corrected chi connectivity index (χ1v) is 8.56. The molecule has 0 spiro atoms. The second-order valence-electron chi connectivity index (χ2n) is 6.21. The first-order valence-electron chi connectivity index (χ1n) is 8.56. The molecule has 146 valence electrons. The van der Waals surface area contributed by atoms with Gasteiger partial charge in [-0.05, 0) is 61.4 Å². The van der Waals surface area contributed by atoms with Crippen molar-refractivity contribution in [2.45, 2.75) is 27.1 Å². The number of aryl methyl sites for hydroxylation is 2. The normalized spacial score (nSPS) is 10.8. The van der Waals surface area contributed by atoms with Gasteiger partial charge in [-0.2, -0.15) is 8.78 Å². The second kappa shape index (κ2) is 8.56. The molecular formula is C21H19F2NO4. The number of rotatable bonds is 7. The number of carbonyl (C=O) groups excluding carboxylic acids is 1. The quantitative estimate of drug-likeness (QED) is 0.595. The molecule has 0 bridgehead atoms. The van der Waals surface area contributed by atoms with Crippen molar-refractivity contribution in [3.8, 4) is 11.5 Å². The highest BCUT2D eigenvalue weighted by Gasteiger charge is 2.15. The van der Waals surface area contributed by atoms with Crippen molar-refractivity contribution in [1.82, 2.24) is 0 Å². The summed E-state index contributed by atoms with van der Waals surface area (Å²) in [5.41, 5.74) is 2.29. The van der Waals surface area contributed by atoms with Gasteiger partial charge in [-0.1, -0.05) is 18.2 Å². The molecular weight excluding hydrogens is 368 g/mol. The maximum absolute atomic E-state index is 12.5. The minimum Gasteiger partial charge on any atom is -0.486 e. The summed E-state index contributed by atoms with van der Waals surface area (Å²) >= 11 is 0. The molecule has 7 heteroatoms. The van der Waals surface area contributed by atoms with Crippen LogP contribution < -0.4 is 14.8 Å². The predicted octanol–water partition coefficient (Wildman–Crippen LogP) is 5.33. The molecule has 0 radical (unpaired) electrons. The highest BCUT2D eigenvalue weighted by molar-refractivity contribution is 6.03. The average Bonchev–Trinajstić information content (AvgIpc) is 3.10. The number of ether oxygens (including phenoxy) is 2. The van der Waals surface area contributed by atoms with E-state index in [0.717, 1.165) is 11.1 Å². The van der Waals surface area contributed by atoms with Crippen molar-refractivity contribution < 1.29 is 27.5 Å². The molecule has 1 amide bonds. The van der Waals surface area contributed by atoms with Gasteiger partial charge in [0.05, 0.1) is 5.69 Å². The number of halogens is 2. The summed E-state index contributed by atoms with van der Waals surface area (Å²) in [5, 5.41) is 2.50. The summed E-state index contributed by atoms with van der Waals surface area (Å²) in [6.45, 7) is 1.12. The van der Waals surface area contributed by atoms with E-state index >= 15 is 0 Å². The molecule has 0 unspecified atom stereocenters. The minimum atomic E-state index is -2.99. The van der Waals surface area contributed by atoms with Gasteiger partial charge in [-0.25, -0.2) is 0 Å². The topological polar surface area (TPSA) is 60.7 Å². The maximum Gasteiger partial charge on any atom is 0.387 e. The summed E-state index contributed by atoms with van der Waals surface area (Å²) in [6.07, 6.45) is 0. The maximum atomic E-state index is 12.5. The number of amides is 1. The largest absolute Gasteiger partial charge is 0.486 e. The van der Waals surface area contributed by atoms with E-state index in [1.165, 1.54) is 24.3 Å². The Bertz CT molecular complexity index is 948. The zero-order valence-corrected chi connectivity index (χ0v) is 15.4. The number of nitrogens with one attached hydrogen (secondary N) is 1. The van der Waals surface area contributed by atoms with Gasteiger partial charge in [0.15, 0.2) is 5.76 Å². The standard InChI is InChI=1S/C21H19F2NO4/c1-13-9-14(2)11-16(10-13)26-12-15-7-8-19(27-15)20(25)24-17-5-3-4-6-18(17)28-21(22)23/h3-11,21H,12H2,1-2H3,(H,24,25). The van der Waals surface area contributed by atoms with E-state index in [4.69, 9.17) is 9.15 Å². The minimum absolute atomic E-state index is 0.0332. The monoisotopic (exact) mass is 387 g/mol. The number of benzene rings is 2. The molecule has 0 saturated heterocycles. The van der Waals surface area contributed by atoms with Gasteiger partial charge in [0, 0.05) is 0 Å². The van der Waals surface area contributed by atoms with Gasteiger partial charge in [-0.15, -0.1) is 0 Å². The third-order valence-electron chi connectivity index (χ3n) is 3.81. The summed E-state index contributed by atoms with van der Waals surface area (Å²) in [5.74, 6) is 0.490. The van der Waals surface area contributed by atoms with Crippen LogP contribution >= 0.6 is 0 Å². The highest BCUT2D eigenvalue weighted by atomic mass is 19.3. The number of furan rings is 1.